The first-order chi connectivity index (χ1) is 7.68. The summed E-state index contributed by atoms with van der Waals surface area (Å²) in [6, 6.07) is 0. The van der Waals surface area contributed by atoms with E-state index in [0.29, 0.717) is 18.0 Å². The third kappa shape index (κ3) is 2.24. The van der Waals surface area contributed by atoms with Gasteiger partial charge in [0, 0.05) is 31.8 Å². The molecule has 1 aromatic rings. The molecule has 1 unspecified atom stereocenters. The zero-order valence-electron chi connectivity index (χ0n) is 9.69. The fourth-order valence-electron chi connectivity index (χ4n) is 1.80. The second-order valence-corrected chi connectivity index (χ2v) is 4.21. The average molecular weight is 223 g/mol. The van der Waals surface area contributed by atoms with Crippen LogP contribution in [0.4, 0.5) is 0 Å². The predicted molar refractivity (Wildman–Crippen MR) is 59.2 cm³/mol. The SMILES string of the molecule is Cc1c(C(=O)NCC2CCOC2)cnn1C. The summed E-state index contributed by atoms with van der Waals surface area (Å²) < 4.78 is 6.96. The van der Waals surface area contributed by atoms with Gasteiger partial charge in [0.1, 0.15) is 0 Å². The van der Waals surface area contributed by atoms with E-state index in [4.69, 9.17) is 4.74 Å². The first-order valence-electron chi connectivity index (χ1n) is 5.53. The number of aryl methyl sites for hydroxylation is 1. The van der Waals surface area contributed by atoms with Crippen LogP contribution in [-0.4, -0.2) is 35.4 Å². The Labute approximate surface area is 94.8 Å². The molecule has 16 heavy (non-hydrogen) atoms. The molecule has 0 aliphatic carbocycles. The molecule has 1 aliphatic heterocycles. The Morgan fingerprint density at radius 2 is 2.56 bits per heavy atom. The van der Waals surface area contributed by atoms with Gasteiger partial charge < -0.3 is 10.1 Å². The molecule has 0 radical (unpaired) electrons. The maximum absolute atomic E-state index is 11.8. The first kappa shape index (κ1) is 11.1. The van der Waals surface area contributed by atoms with Gasteiger partial charge in [-0.15, -0.1) is 0 Å². The summed E-state index contributed by atoms with van der Waals surface area (Å²) in [4.78, 5) is 11.8. The van der Waals surface area contributed by atoms with E-state index in [1.807, 2.05) is 14.0 Å². The van der Waals surface area contributed by atoms with Gasteiger partial charge >= 0.3 is 0 Å². The van der Waals surface area contributed by atoms with E-state index in [2.05, 4.69) is 10.4 Å². The largest absolute Gasteiger partial charge is 0.381 e. The number of ether oxygens (including phenoxy) is 1. The zero-order chi connectivity index (χ0) is 11.5. The minimum atomic E-state index is -0.0440. The summed E-state index contributed by atoms with van der Waals surface area (Å²) in [6.45, 7) is 4.15. The summed E-state index contributed by atoms with van der Waals surface area (Å²) in [5.74, 6) is 0.415. The highest BCUT2D eigenvalue weighted by atomic mass is 16.5. The third-order valence-corrected chi connectivity index (χ3v) is 3.06. The van der Waals surface area contributed by atoms with Crippen molar-refractivity contribution in [3.05, 3.63) is 17.5 Å². The van der Waals surface area contributed by atoms with Crippen LogP contribution in [0.3, 0.4) is 0 Å². The molecule has 1 aliphatic rings. The van der Waals surface area contributed by atoms with E-state index in [1.54, 1.807) is 10.9 Å². The molecule has 0 saturated carbocycles. The molecule has 2 rings (SSSR count). The molecule has 1 fully saturated rings. The second kappa shape index (κ2) is 4.65. The number of nitrogens with zero attached hydrogens (tertiary/aromatic N) is 2. The van der Waals surface area contributed by atoms with Crippen molar-refractivity contribution in [1.82, 2.24) is 15.1 Å². The fourth-order valence-corrected chi connectivity index (χ4v) is 1.80. The van der Waals surface area contributed by atoms with Gasteiger partial charge in [0.2, 0.25) is 0 Å². The van der Waals surface area contributed by atoms with Gasteiger partial charge in [-0.3, -0.25) is 9.48 Å². The highest BCUT2D eigenvalue weighted by Gasteiger charge is 2.18. The lowest BCUT2D eigenvalue weighted by molar-refractivity contribution is 0.0944. The Kier molecular flexibility index (Phi) is 3.24. The van der Waals surface area contributed by atoms with E-state index in [9.17, 15) is 4.79 Å². The average Bonchev–Trinajstić information content (AvgIpc) is 2.88. The van der Waals surface area contributed by atoms with Gasteiger partial charge in [0.05, 0.1) is 18.4 Å². The van der Waals surface area contributed by atoms with Crippen LogP contribution in [0.5, 0.6) is 0 Å². The predicted octanol–water partition coefficient (Wildman–Crippen LogP) is 0.495. The lowest BCUT2D eigenvalue weighted by Gasteiger charge is -2.08. The number of rotatable bonds is 3. The Hall–Kier alpha value is -1.36. The van der Waals surface area contributed by atoms with Crippen molar-refractivity contribution in [2.45, 2.75) is 13.3 Å². The third-order valence-electron chi connectivity index (χ3n) is 3.06. The maximum Gasteiger partial charge on any atom is 0.254 e. The van der Waals surface area contributed by atoms with Crippen molar-refractivity contribution in [2.24, 2.45) is 13.0 Å². The molecule has 0 aromatic carbocycles. The number of hydrogen-bond donors (Lipinski definition) is 1. The Bertz CT molecular complexity index is 381. The van der Waals surface area contributed by atoms with Crippen LogP contribution < -0.4 is 5.32 Å². The van der Waals surface area contributed by atoms with Crippen molar-refractivity contribution < 1.29 is 9.53 Å². The van der Waals surface area contributed by atoms with Gasteiger partial charge in [-0.2, -0.15) is 5.10 Å². The molecule has 1 N–H and O–H groups in total. The molecule has 1 aromatic heterocycles. The minimum absolute atomic E-state index is 0.0440. The molecular weight excluding hydrogens is 206 g/mol. The number of aromatic nitrogens is 2. The lowest BCUT2D eigenvalue weighted by atomic mass is 10.1. The first-order valence-corrected chi connectivity index (χ1v) is 5.53. The second-order valence-electron chi connectivity index (χ2n) is 4.21. The van der Waals surface area contributed by atoms with Crippen LogP contribution in [0, 0.1) is 12.8 Å². The van der Waals surface area contributed by atoms with Crippen LogP contribution in [0.1, 0.15) is 22.5 Å². The molecule has 1 amide bonds. The molecule has 1 atom stereocenters. The number of carbonyl (C=O) groups is 1. The number of hydrogen-bond acceptors (Lipinski definition) is 3. The fraction of sp³-hybridized carbons (Fsp3) is 0.636. The topological polar surface area (TPSA) is 56.1 Å². The summed E-state index contributed by atoms with van der Waals surface area (Å²) >= 11 is 0. The van der Waals surface area contributed by atoms with Crippen LogP contribution in [0.2, 0.25) is 0 Å². The normalized spacial score (nSPS) is 20.0. The Morgan fingerprint density at radius 3 is 3.12 bits per heavy atom. The summed E-state index contributed by atoms with van der Waals surface area (Å²) in [7, 11) is 1.83. The van der Waals surface area contributed by atoms with Crippen molar-refractivity contribution in [3.63, 3.8) is 0 Å². The van der Waals surface area contributed by atoms with Crippen LogP contribution in [0.25, 0.3) is 0 Å². The molecule has 1 saturated heterocycles. The van der Waals surface area contributed by atoms with Gasteiger partial charge in [-0.05, 0) is 13.3 Å². The summed E-state index contributed by atoms with van der Waals surface area (Å²) in [5, 5.41) is 6.97. The van der Waals surface area contributed by atoms with Crippen molar-refractivity contribution in [1.29, 1.82) is 0 Å². The number of carbonyl (C=O) groups excluding carboxylic acids is 1. The van der Waals surface area contributed by atoms with Gasteiger partial charge in [0.25, 0.3) is 5.91 Å². The number of amides is 1. The Balaban J connectivity index is 1.90. The van der Waals surface area contributed by atoms with Crippen LogP contribution in [0.15, 0.2) is 6.20 Å². The maximum atomic E-state index is 11.8. The van der Waals surface area contributed by atoms with Crippen LogP contribution >= 0.6 is 0 Å². The van der Waals surface area contributed by atoms with Gasteiger partial charge in [-0.25, -0.2) is 0 Å². The van der Waals surface area contributed by atoms with E-state index in [1.165, 1.54) is 0 Å². The summed E-state index contributed by atoms with van der Waals surface area (Å²) in [5.41, 5.74) is 1.54. The smallest absolute Gasteiger partial charge is 0.254 e. The minimum Gasteiger partial charge on any atom is -0.381 e. The highest BCUT2D eigenvalue weighted by Crippen LogP contribution is 2.11. The standard InChI is InChI=1S/C11H17N3O2/c1-8-10(6-13-14(8)2)11(15)12-5-9-3-4-16-7-9/h6,9H,3-5,7H2,1-2H3,(H,12,15). The summed E-state index contributed by atoms with van der Waals surface area (Å²) in [6.07, 6.45) is 2.64. The van der Waals surface area contributed by atoms with E-state index in [-0.39, 0.29) is 5.91 Å². The van der Waals surface area contributed by atoms with Crippen molar-refractivity contribution in [2.75, 3.05) is 19.8 Å². The Morgan fingerprint density at radius 1 is 1.75 bits per heavy atom. The van der Waals surface area contributed by atoms with Crippen LogP contribution in [-0.2, 0) is 11.8 Å². The lowest BCUT2D eigenvalue weighted by Crippen LogP contribution is -2.29. The monoisotopic (exact) mass is 223 g/mol. The van der Waals surface area contributed by atoms with Gasteiger partial charge in [-0.1, -0.05) is 0 Å². The highest BCUT2D eigenvalue weighted by molar-refractivity contribution is 5.94. The molecule has 0 bridgehead atoms. The van der Waals surface area contributed by atoms with E-state index < -0.39 is 0 Å². The molecule has 5 nitrogen and oxygen atoms in total. The molecular formula is C11H17N3O2. The van der Waals surface area contributed by atoms with Gasteiger partial charge in [0.15, 0.2) is 0 Å². The molecule has 5 heteroatoms. The zero-order valence-corrected chi connectivity index (χ0v) is 9.69. The molecule has 2 heterocycles. The molecule has 0 spiro atoms. The van der Waals surface area contributed by atoms with Crippen molar-refractivity contribution in [3.8, 4) is 0 Å². The van der Waals surface area contributed by atoms with E-state index in [0.717, 1.165) is 25.3 Å². The number of nitrogens with one attached hydrogen (secondary N) is 1. The molecule has 88 valence electrons. The quantitative estimate of drug-likeness (QED) is 0.811. The van der Waals surface area contributed by atoms with Crippen molar-refractivity contribution >= 4 is 5.91 Å². The van der Waals surface area contributed by atoms with E-state index >= 15 is 0 Å².